The Balaban J connectivity index is 1.64. The van der Waals surface area contributed by atoms with E-state index in [9.17, 15) is 9.59 Å². The maximum absolute atomic E-state index is 13.4. The van der Waals surface area contributed by atoms with Crippen molar-refractivity contribution in [2.75, 3.05) is 7.11 Å². The second kappa shape index (κ2) is 6.44. The number of carbonyl (C=O) groups excluding carboxylic acids is 2. The van der Waals surface area contributed by atoms with Gasteiger partial charge < -0.3 is 9.47 Å². The summed E-state index contributed by atoms with van der Waals surface area (Å²) in [6, 6.07) is 10.2. The lowest BCUT2D eigenvalue weighted by Crippen LogP contribution is -2.53. The van der Waals surface area contributed by atoms with E-state index in [4.69, 9.17) is 9.47 Å². The molecule has 3 aliphatic rings. The highest BCUT2D eigenvalue weighted by atomic mass is 16.5. The molecule has 0 saturated heterocycles. The molecule has 0 N–H and O–H groups in total. The summed E-state index contributed by atoms with van der Waals surface area (Å²) in [4.78, 5) is 25.8. The van der Waals surface area contributed by atoms with Gasteiger partial charge in [0, 0.05) is 11.3 Å². The third kappa shape index (κ3) is 2.60. The lowest BCUT2D eigenvalue weighted by molar-refractivity contribution is -0.156. The van der Waals surface area contributed by atoms with Gasteiger partial charge >= 0.3 is 5.97 Å². The quantitative estimate of drug-likeness (QED) is 0.593. The fraction of sp³-hybridized carbons (Fsp3) is 0.652. The molecular weight excluding hydrogens is 340 g/mol. The van der Waals surface area contributed by atoms with E-state index in [2.05, 4.69) is 32.9 Å². The van der Waals surface area contributed by atoms with Crippen LogP contribution < -0.4 is 0 Å². The molecule has 2 unspecified atom stereocenters. The number of Topliss-reactive ketones (excluding diaryl/α,β-unsaturated/α-hetero) is 1. The van der Waals surface area contributed by atoms with Gasteiger partial charge in [0.15, 0.2) is 5.78 Å². The number of rotatable bonds is 4. The fourth-order valence-corrected chi connectivity index (χ4v) is 6.82. The number of benzene rings is 1. The lowest BCUT2D eigenvalue weighted by atomic mass is 9.54. The summed E-state index contributed by atoms with van der Waals surface area (Å²) >= 11 is 0. The maximum Gasteiger partial charge on any atom is 0.316 e. The van der Waals surface area contributed by atoms with Crippen molar-refractivity contribution in [1.82, 2.24) is 0 Å². The predicted molar refractivity (Wildman–Crippen MR) is 102 cm³/mol. The number of hydrogen-bond acceptors (Lipinski definition) is 4. The standard InChI is InChI=1S/C23H30O4/c1-14-17(21(25)26-4)18(24)19-22(2,3)20(16-10-11-23(14,19)12-16)27-13-15-8-6-5-7-9-15/h5-9,14,16-17,19-20H,10-13H2,1-4H3/t14-,16+,17?,19+,20?,23-/m1/s1. The van der Waals surface area contributed by atoms with Gasteiger partial charge in [-0.05, 0) is 42.1 Å². The van der Waals surface area contributed by atoms with Crippen molar-refractivity contribution in [2.45, 2.75) is 52.7 Å². The zero-order chi connectivity index (χ0) is 19.4. The molecule has 1 spiro atoms. The molecule has 4 heteroatoms. The lowest BCUT2D eigenvalue weighted by Gasteiger charge is -2.52. The van der Waals surface area contributed by atoms with Crippen molar-refractivity contribution < 1.29 is 19.1 Å². The van der Waals surface area contributed by atoms with Gasteiger partial charge in [-0.3, -0.25) is 9.59 Å². The zero-order valence-corrected chi connectivity index (χ0v) is 16.7. The third-order valence-electron chi connectivity index (χ3n) is 7.83. The number of ether oxygens (including phenoxy) is 2. The minimum atomic E-state index is -0.620. The molecule has 0 heterocycles. The number of esters is 1. The van der Waals surface area contributed by atoms with Crippen LogP contribution in [0.2, 0.25) is 0 Å². The number of hydrogen-bond donors (Lipinski definition) is 0. The van der Waals surface area contributed by atoms with Crippen LogP contribution in [0.5, 0.6) is 0 Å². The van der Waals surface area contributed by atoms with E-state index < -0.39 is 5.92 Å². The van der Waals surface area contributed by atoms with Gasteiger partial charge in [0.25, 0.3) is 0 Å². The summed E-state index contributed by atoms with van der Waals surface area (Å²) in [7, 11) is 1.39. The molecule has 1 aromatic carbocycles. The van der Waals surface area contributed by atoms with E-state index >= 15 is 0 Å². The Hall–Kier alpha value is -1.68. The highest BCUT2D eigenvalue weighted by molar-refractivity contribution is 6.03. The minimum absolute atomic E-state index is 0.0332. The normalized spacial score (nSPS) is 39.3. The molecule has 0 amide bonds. The van der Waals surface area contributed by atoms with Crippen molar-refractivity contribution >= 4 is 11.8 Å². The van der Waals surface area contributed by atoms with Crippen molar-refractivity contribution in [2.24, 2.45) is 34.5 Å². The zero-order valence-electron chi connectivity index (χ0n) is 16.7. The van der Waals surface area contributed by atoms with Gasteiger partial charge in [-0.1, -0.05) is 51.1 Å². The number of ketones is 1. The second-order valence-corrected chi connectivity index (χ2v) is 9.40. The van der Waals surface area contributed by atoms with Crippen molar-refractivity contribution in [3.8, 4) is 0 Å². The largest absolute Gasteiger partial charge is 0.468 e. The average molecular weight is 370 g/mol. The van der Waals surface area contributed by atoms with Crippen molar-refractivity contribution in [3.63, 3.8) is 0 Å². The van der Waals surface area contributed by atoms with Gasteiger partial charge in [0.2, 0.25) is 0 Å². The summed E-state index contributed by atoms with van der Waals surface area (Å²) < 4.78 is 11.5. The van der Waals surface area contributed by atoms with Crippen molar-refractivity contribution in [3.05, 3.63) is 35.9 Å². The Labute approximate surface area is 161 Å². The Bertz CT molecular complexity index is 740. The maximum atomic E-state index is 13.4. The molecule has 3 saturated carbocycles. The predicted octanol–water partition coefficient (Wildman–Crippen LogP) is 4.02. The number of carbonyl (C=O) groups is 2. The monoisotopic (exact) mass is 370 g/mol. The first-order valence-corrected chi connectivity index (χ1v) is 10.1. The third-order valence-corrected chi connectivity index (χ3v) is 7.83. The van der Waals surface area contributed by atoms with Crippen LogP contribution in [0.3, 0.4) is 0 Å². The van der Waals surface area contributed by atoms with E-state index in [1.54, 1.807) is 0 Å². The highest BCUT2D eigenvalue weighted by Gasteiger charge is 2.71. The highest BCUT2D eigenvalue weighted by Crippen LogP contribution is 2.70. The molecule has 0 aliphatic heterocycles. The van der Waals surface area contributed by atoms with Gasteiger partial charge in [-0.2, -0.15) is 0 Å². The molecule has 4 nitrogen and oxygen atoms in total. The molecule has 4 rings (SSSR count). The topological polar surface area (TPSA) is 52.6 Å². The van der Waals surface area contributed by atoms with Gasteiger partial charge in [-0.15, -0.1) is 0 Å². The summed E-state index contributed by atoms with van der Waals surface area (Å²) in [6.45, 7) is 6.99. The van der Waals surface area contributed by atoms with Gasteiger partial charge in [-0.25, -0.2) is 0 Å². The Morgan fingerprint density at radius 3 is 2.59 bits per heavy atom. The molecule has 3 fully saturated rings. The Morgan fingerprint density at radius 2 is 1.93 bits per heavy atom. The molecule has 0 aromatic heterocycles. The van der Waals surface area contributed by atoms with Crippen LogP contribution in [0.4, 0.5) is 0 Å². The number of methoxy groups -OCH3 is 1. The van der Waals surface area contributed by atoms with Crippen LogP contribution in [-0.2, 0) is 25.7 Å². The summed E-state index contributed by atoms with van der Waals surface area (Å²) in [5.74, 6) is -0.548. The molecule has 27 heavy (non-hydrogen) atoms. The molecule has 0 radical (unpaired) electrons. The number of fused-ring (bicyclic) bond motifs is 1. The smallest absolute Gasteiger partial charge is 0.316 e. The Kier molecular flexibility index (Phi) is 4.45. The summed E-state index contributed by atoms with van der Waals surface area (Å²) in [5.41, 5.74) is 0.792. The molecule has 3 aliphatic carbocycles. The van der Waals surface area contributed by atoms with Crippen LogP contribution in [-0.4, -0.2) is 25.0 Å². The van der Waals surface area contributed by atoms with E-state index in [1.165, 1.54) is 7.11 Å². The first-order valence-electron chi connectivity index (χ1n) is 10.1. The van der Waals surface area contributed by atoms with Crippen molar-refractivity contribution in [1.29, 1.82) is 0 Å². The molecule has 6 atom stereocenters. The molecule has 2 bridgehead atoms. The summed E-state index contributed by atoms with van der Waals surface area (Å²) in [5, 5.41) is 0. The molecular formula is C23H30O4. The first-order chi connectivity index (χ1) is 12.8. The van der Waals surface area contributed by atoms with Crippen LogP contribution >= 0.6 is 0 Å². The second-order valence-electron chi connectivity index (χ2n) is 9.40. The average Bonchev–Trinajstić information content (AvgIpc) is 3.13. The van der Waals surface area contributed by atoms with Crippen LogP contribution in [0.1, 0.15) is 45.6 Å². The Morgan fingerprint density at radius 1 is 1.22 bits per heavy atom. The van der Waals surface area contributed by atoms with E-state index in [0.29, 0.717) is 12.5 Å². The van der Waals surface area contributed by atoms with Gasteiger partial charge in [0.1, 0.15) is 5.92 Å². The van der Waals surface area contributed by atoms with E-state index in [1.807, 2.05) is 18.2 Å². The van der Waals surface area contributed by atoms with Crippen LogP contribution in [0.15, 0.2) is 30.3 Å². The summed E-state index contributed by atoms with van der Waals surface area (Å²) in [6.07, 6.45) is 3.11. The van der Waals surface area contributed by atoms with Crippen LogP contribution in [0.25, 0.3) is 0 Å². The van der Waals surface area contributed by atoms with Crippen LogP contribution in [0, 0.1) is 34.5 Å². The molecule has 146 valence electrons. The minimum Gasteiger partial charge on any atom is -0.468 e. The van der Waals surface area contributed by atoms with E-state index in [-0.39, 0.29) is 40.5 Å². The molecule has 1 aromatic rings. The SMILES string of the molecule is COC(=O)C1C(=O)[C@H]2C(C)(C)C(OCc3ccccc3)[C@H]3CC[C@@]2(C3)[C@@H]1C. The first kappa shape index (κ1) is 18.7. The van der Waals surface area contributed by atoms with Gasteiger partial charge in [0.05, 0.1) is 19.8 Å². The van der Waals surface area contributed by atoms with E-state index in [0.717, 1.165) is 24.8 Å². The fourth-order valence-electron chi connectivity index (χ4n) is 6.82.